The Morgan fingerprint density at radius 2 is 1.83 bits per heavy atom. The highest BCUT2D eigenvalue weighted by Gasteiger charge is 2.33. The minimum Gasteiger partial charge on any atom is -0.452 e. The molecule has 2 atom stereocenters. The Bertz CT molecular complexity index is 863. The number of nitrogens with one attached hydrogen (secondary N) is 1. The maximum absolute atomic E-state index is 12.6. The molecule has 1 saturated heterocycles. The van der Waals surface area contributed by atoms with Gasteiger partial charge in [-0.1, -0.05) is 42.5 Å². The average Bonchev–Trinajstić information content (AvgIpc) is 3.49. The molecular formula is C24H27NO4S. The molecule has 30 heavy (non-hydrogen) atoms. The van der Waals surface area contributed by atoms with Crippen molar-refractivity contribution in [3.05, 3.63) is 65.7 Å². The van der Waals surface area contributed by atoms with E-state index in [9.17, 15) is 9.59 Å². The molecular weight excluding hydrogens is 398 g/mol. The molecule has 1 aliphatic heterocycles. The van der Waals surface area contributed by atoms with Crippen LogP contribution in [0, 0.1) is 5.92 Å². The van der Waals surface area contributed by atoms with Gasteiger partial charge in [0.2, 0.25) is 0 Å². The fourth-order valence-corrected chi connectivity index (χ4v) is 4.82. The van der Waals surface area contributed by atoms with Gasteiger partial charge in [0.1, 0.15) is 0 Å². The standard InChI is InChI=1S/C24H27NO4S/c26-22(25-23(18-12-13-18)17-7-2-1-3-8-17)15-29-24(27)20-10-4-5-11-21(20)30-16-19-9-6-14-28-19/h1-5,7-8,10-11,18-19,23H,6,9,12-16H2,(H,25,26). The maximum atomic E-state index is 12.6. The lowest BCUT2D eigenvalue weighted by Crippen LogP contribution is -2.33. The van der Waals surface area contributed by atoms with E-state index in [1.165, 1.54) is 0 Å². The number of rotatable bonds is 9. The summed E-state index contributed by atoms with van der Waals surface area (Å²) in [5.74, 6) is 0.532. The average molecular weight is 426 g/mol. The van der Waals surface area contributed by atoms with Gasteiger partial charge in [0.05, 0.1) is 17.7 Å². The third-order valence-corrected chi connectivity index (χ3v) is 6.66. The van der Waals surface area contributed by atoms with Gasteiger partial charge in [-0.05, 0) is 49.3 Å². The Morgan fingerprint density at radius 3 is 2.57 bits per heavy atom. The van der Waals surface area contributed by atoms with Gasteiger partial charge >= 0.3 is 5.97 Å². The Morgan fingerprint density at radius 1 is 1.07 bits per heavy atom. The second kappa shape index (κ2) is 10.1. The van der Waals surface area contributed by atoms with Crippen molar-refractivity contribution in [3.63, 3.8) is 0 Å². The maximum Gasteiger partial charge on any atom is 0.339 e. The summed E-state index contributed by atoms with van der Waals surface area (Å²) in [7, 11) is 0. The monoisotopic (exact) mass is 425 g/mol. The SMILES string of the molecule is O=C(COC(=O)c1ccccc1SCC1CCCO1)NC(c1ccccc1)C1CC1. The zero-order valence-corrected chi connectivity index (χ0v) is 17.7. The summed E-state index contributed by atoms with van der Waals surface area (Å²) in [6.45, 7) is 0.536. The topological polar surface area (TPSA) is 64.6 Å². The van der Waals surface area contributed by atoms with Crippen molar-refractivity contribution in [2.24, 2.45) is 5.92 Å². The molecule has 2 aromatic carbocycles. The number of amides is 1. The highest BCUT2D eigenvalue weighted by Crippen LogP contribution is 2.40. The zero-order chi connectivity index (χ0) is 20.8. The van der Waals surface area contributed by atoms with Gasteiger partial charge < -0.3 is 14.8 Å². The van der Waals surface area contributed by atoms with Crippen LogP contribution >= 0.6 is 11.8 Å². The van der Waals surface area contributed by atoms with Crippen molar-refractivity contribution < 1.29 is 19.1 Å². The van der Waals surface area contributed by atoms with Crippen LogP contribution in [-0.4, -0.2) is 36.9 Å². The predicted octanol–water partition coefficient (Wildman–Crippen LogP) is 4.38. The van der Waals surface area contributed by atoms with E-state index in [0.29, 0.717) is 11.5 Å². The van der Waals surface area contributed by atoms with Crippen molar-refractivity contribution in [1.29, 1.82) is 0 Å². The van der Waals surface area contributed by atoms with E-state index in [-0.39, 0.29) is 24.7 Å². The van der Waals surface area contributed by atoms with E-state index in [4.69, 9.17) is 9.47 Å². The number of carbonyl (C=O) groups is 2. The van der Waals surface area contributed by atoms with Crippen molar-refractivity contribution in [3.8, 4) is 0 Å². The quantitative estimate of drug-likeness (QED) is 0.477. The van der Waals surface area contributed by atoms with Crippen molar-refractivity contribution in [1.82, 2.24) is 5.32 Å². The Hall–Kier alpha value is -2.31. The molecule has 6 heteroatoms. The van der Waals surface area contributed by atoms with Gasteiger partial charge in [0.25, 0.3) is 5.91 Å². The number of carbonyl (C=O) groups excluding carboxylic acids is 2. The summed E-state index contributed by atoms with van der Waals surface area (Å²) in [6.07, 6.45) is 4.60. The molecule has 1 amide bonds. The molecule has 1 aliphatic carbocycles. The molecule has 1 heterocycles. The molecule has 2 fully saturated rings. The molecule has 158 valence electrons. The Kier molecular flexibility index (Phi) is 7.07. The number of hydrogen-bond donors (Lipinski definition) is 1. The number of hydrogen-bond acceptors (Lipinski definition) is 5. The Balaban J connectivity index is 1.31. The molecule has 1 saturated carbocycles. The molecule has 0 bridgehead atoms. The summed E-state index contributed by atoms with van der Waals surface area (Å²) < 4.78 is 11.0. The van der Waals surface area contributed by atoms with Gasteiger partial charge in [-0.3, -0.25) is 4.79 Å². The highest BCUT2D eigenvalue weighted by atomic mass is 32.2. The van der Waals surface area contributed by atoms with E-state index in [1.807, 2.05) is 48.5 Å². The third kappa shape index (κ3) is 5.64. The van der Waals surface area contributed by atoms with Gasteiger partial charge in [0.15, 0.2) is 6.61 Å². The minimum atomic E-state index is -0.469. The van der Waals surface area contributed by atoms with Crippen LogP contribution in [0.25, 0.3) is 0 Å². The van der Waals surface area contributed by atoms with Gasteiger partial charge in [-0.15, -0.1) is 11.8 Å². The van der Waals surface area contributed by atoms with Crippen LogP contribution in [0.2, 0.25) is 0 Å². The molecule has 4 rings (SSSR count). The summed E-state index contributed by atoms with van der Waals surface area (Å²) in [4.78, 5) is 26.0. The van der Waals surface area contributed by atoms with Crippen LogP contribution in [0.3, 0.4) is 0 Å². The second-order valence-corrected chi connectivity index (χ2v) is 8.87. The van der Waals surface area contributed by atoms with Crippen molar-refractivity contribution in [2.45, 2.75) is 42.7 Å². The van der Waals surface area contributed by atoms with E-state index < -0.39 is 5.97 Å². The van der Waals surface area contributed by atoms with Crippen LogP contribution in [-0.2, 0) is 14.3 Å². The van der Waals surface area contributed by atoms with Crippen LogP contribution in [0.15, 0.2) is 59.5 Å². The van der Waals surface area contributed by atoms with Gasteiger partial charge in [0, 0.05) is 17.3 Å². The number of thioether (sulfide) groups is 1. The summed E-state index contributed by atoms with van der Waals surface area (Å²) in [6, 6.07) is 17.3. The Labute approximate surface area is 181 Å². The molecule has 0 radical (unpaired) electrons. The normalized spacial score (nSPS) is 19.3. The van der Waals surface area contributed by atoms with Gasteiger partial charge in [-0.2, -0.15) is 0 Å². The summed E-state index contributed by atoms with van der Waals surface area (Å²) in [5, 5.41) is 3.04. The van der Waals surface area contributed by atoms with Crippen molar-refractivity contribution in [2.75, 3.05) is 19.0 Å². The first-order valence-electron chi connectivity index (χ1n) is 10.6. The van der Waals surface area contributed by atoms with Crippen LogP contribution in [0.5, 0.6) is 0 Å². The number of ether oxygens (including phenoxy) is 2. The molecule has 2 aliphatic rings. The minimum absolute atomic E-state index is 0.0216. The molecule has 1 N–H and O–H groups in total. The number of esters is 1. The van der Waals surface area contributed by atoms with Crippen LogP contribution in [0.1, 0.15) is 47.6 Å². The zero-order valence-electron chi connectivity index (χ0n) is 16.9. The molecule has 2 aromatic rings. The third-order valence-electron chi connectivity index (χ3n) is 5.46. The lowest BCUT2D eigenvalue weighted by Gasteiger charge is -2.19. The van der Waals surface area contributed by atoms with Gasteiger partial charge in [-0.25, -0.2) is 4.79 Å². The van der Waals surface area contributed by atoms with Crippen LogP contribution in [0.4, 0.5) is 0 Å². The molecule has 0 aromatic heterocycles. The predicted molar refractivity (Wildman–Crippen MR) is 116 cm³/mol. The largest absolute Gasteiger partial charge is 0.452 e. The fraction of sp³-hybridized carbons (Fsp3) is 0.417. The van der Waals surface area contributed by atoms with E-state index in [1.54, 1.807) is 17.8 Å². The van der Waals surface area contributed by atoms with Crippen molar-refractivity contribution >= 4 is 23.6 Å². The first-order chi connectivity index (χ1) is 14.7. The fourth-order valence-electron chi connectivity index (χ4n) is 3.71. The molecule has 2 unspecified atom stereocenters. The first-order valence-corrected chi connectivity index (χ1v) is 11.5. The highest BCUT2D eigenvalue weighted by molar-refractivity contribution is 7.99. The van der Waals surface area contributed by atoms with E-state index in [0.717, 1.165) is 48.5 Å². The van der Waals surface area contributed by atoms with E-state index in [2.05, 4.69) is 5.32 Å². The lowest BCUT2D eigenvalue weighted by molar-refractivity contribution is -0.125. The second-order valence-electron chi connectivity index (χ2n) is 7.81. The number of benzene rings is 2. The summed E-state index contributed by atoms with van der Waals surface area (Å²) in [5.41, 5.74) is 1.59. The lowest BCUT2D eigenvalue weighted by atomic mass is 10.0. The first kappa shape index (κ1) is 20.9. The smallest absolute Gasteiger partial charge is 0.339 e. The van der Waals surface area contributed by atoms with E-state index >= 15 is 0 Å². The summed E-state index contributed by atoms with van der Waals surface area (Å²) >= 11 is 1.60. The molecule has 0 spiro atoms. The molecule has 5 nitrogen and oxygen atoms in total. The van der Waals surface area contributed by atoms with Crippen LogP contribution < -0.4 is 5.32 Å².